The maximum Gasteiger partial charge on any atom is 0.309 e. The van der Waals surface area contributed by atoms with Crippen molar-refractivity contribution in [3.8, 4) is 0 Å². The zero-order valence-corrected chi connectivity index (χ0v) is 13.5. The van der Waals surface area contributed by atoms with Gasteiger partial charge in [-0.05, 0) is 25.7 Å². The molecule has 0 radical (unpaired) electrons. The molecule has 19 heavy (non-hydrogen) atoms. The largest absolute Gasteiger partial charge is 0.481 e. The summed E-state index contributed by atoms with van der Waals surface area (Å²) >= 11 is 5.66. The average molecular weight is 291 g/mol. The standard InChI is InChI=1S/C16H31ClO2/c1-3-5-11-16(15(18)19,12-6-4-2)13-9-7-8-10-14-17/h3-14H2,1-2H3,(H,18,19). The lowest BCUT2D eigenvalue weighted by Crippen LogP contribution is -2.31. The molecular weight excluding hydrogens is 260 g/mol. The fraction of sp³-hybridized carbons (Fsp3) is 0.938. The van der Waals surface area contributed by atoms with Gasteiger partial charge in [-0.25, -0.2) is 0 Å². The van der Waals surface area contributed by atoms with Crippen molar-refractivity contribution in [3.63, 3.8) is 0 Å². The Labute approximate surface area is 123 Å². The molecule has 0 aliphatic heterocycles. The molecule has 0 unspecified atom stereocenters. The Kier molecular flexibility index (Phi) is 11.4. The monoisotopic (exact) mass is 290 g/mol. The van der Waals surface area contributed by atoms with Gasteiger partial charge in [-0.1, -0.05) is 58.8 Å². The Morgan fingerprint density at radius 1 is 0.895 bits per heavy atom. The molecule has 0 spiro atoms. The summed E-state index contributed by atoms with van der Waals surface area (Å²) < 4.78 is 0. The van der Waals surface area contributed by atoms with E-state index >= 15 is 0 Å². The summed E-state index contributed by atoms with van der Waals surface area (Å²) in [5.41, 5.74) is -0.465. The number of carboxylic acid groups (broad SMARTS) is 1. The van der Waals surface area contributed by atoms with Crippen LogP contribution in [0.25, 0.3) is 0 Å². The third-order valence-corrected chi connectivity index (χ3v) is 4.28. The molecule has 0 heterocycles. The molecule has 0 fully saturated rings. The van der Waals surface area contributed by atoms with E-state index in [4.69, 9.17) is 11.6 Å². The average Bonchev–Trinajstić information content (AvgIpc) is 2.40. The van der Waals surface area contributed by atoms with E-state index in [0.29, 0.717) is 0 Å². The first kappa shape index (κ1) is 18.8. The van der Waals surface area contributed by atoms with Crippen LogP contribution in [0.3, 0.4) is 0 Å². The first-order valence-electron chi connectivity index (χ1n) is 7.92. The van der Waals surface area contributed by atoms with E-state index in [1.54, 1.807) is 0 Å². The van der Waals surface area contributed by atoms with Gasteiger partial charge in [-0.3, -0.25) is 4.79 Å². The van der Waals surface area contributed by atoms with Gasteiger partial charge in [0, 0.05) is 5.88 Å². The molecule has 0 atom stereocenters. The van der Waals surface area contributed by atoms with Crippen LogP contribution in [0.5, 0.6) is 0 Å². The number of hydrogen-bond acceptors (Lipinski definition) is 1. The first-order valence-corrected chi connectivity index (χ1v) is 8.45. The Morgan fingerprint density at radius 2 is 1.37 bits per heavy atom. The molecule has 0 rings (SSSR count). The van der Waals surface area contributed by atoms with Crippen LogP contribution in [0.4, 0.5) is 0 Å². The minimum Gasteiger partial charge on any atom is -0.481 e. The molecule has 0 amide bonds. The van der Waals surface area contributed by atoms with Crippen molar-refractivity contribution in [1.29, 1.82) is 0 Å². The van der Waals surface area contributed by atoms with Gasteiger partial charge in [0.1, 0.15) is 0 Å². The molecule has 114 valence electrons. The quantitative estimate of drug-likeness (QED) is 0.353. The molecule has 0 saturated heterocycles. The lowest BCUT2D eigenvalue weighted by molar-refractivity contribution is -0.150. The second kappa shape index (κ2) is 11.6. The first-order chi connectivity index (χ1) is 9.13. The Balaban J connectivity index is 4.37. The SMILES string of the molecule is CCCCC(CCCC)(CCCCCCCl)C(=O)O. The van der Waals surface area contributed by atoms with Gasteiger partial charge in [0.25, 0.3) is 0 Å². The molecule has 0 aromatic rings. The van der Waals surface area contributed by atoms with Gasteiger partial charge in [0.2, 0.25) is 0 Å². The Morgan fingerprint density at radius 3 is 1.79 bits per heavy atom. The summed E-state index contributed by atoms with van der Waals surface area (Å²) in [5.74, 6) is 0.141. The molecule has 1 N–H and O–H groups in total. The number of carbonyl (C=O) groups is 1. The minimum absolute atomic E-state index is 0.465. The van der Waals surface area contributed by atoms with Crippen LogP contribution in [0, 0.1) is 5.41 Å². The number of halogens is 1. The molecular formula is C16H31ClO2. The van der Waals surface area contributed by atoms with Crippen LogP contribution in [0.1, 0.15) is 84.5 Å². The molecule has 0 aliphatic rings. The van der Waals surface area contributed by atoms with Crippen LogP contribution < -0.4 is 0 Å². The number of alkyl halides is 1. The van der Waals surface area contributed by atoms with Gasteiger partial charge in [-0.2, -0.15) is 0 Å². The summed E-state index contributed by atoms with van der Waals surface area (Å²) in [7, 11) is 0. The fourth-order valence-electron chi connectivity index (χ4n) is 2.64. The van der Waals surface area contributed by atoms with Crippen molar-refractivity contribution in [2.45, 2.75) is 84.5 Å². The molecule has 0 aliphatic carbocycles. The molecule has 2 nitrogen and oxygen atoms in total. The summed E-state index contributed by atoms with van der Waals surface area (Å²) in [4.78, 5) is 11.7. The summed E-state index contributed by atoms with van der Waals surface area (Å²) in [6.45, 7) is 4.26. The molecule has 0 aromatic heterocycles. The minimum atomic E-state index is -0.577. The zero-order chi connectivity index (χ0) is 14.6. The van der Waals surface area contributed by atoms with Crippen molar-refractivity contribution in [2.75, 3.05) is 5.88 Å². The van der Waals surface area contributed by atoms with E-state index in [9.17, 15) is 9.90 Å². The molecule has 3 heteroatoms. The fourth-order valence-corrected chi connectivity index (χ4v) is 2.83. The van der Waals surface area contributed by atoms with E-state index in [2.05, 4.69) is 13.8 Å². The van der Waals surface area contributed by atoms with E-state index < -0.39 is 11.4 Å². The van der Waals surface area contributed by atoms with Gasteiger partial charge in [0.05, 0.1) is 5.41 Å². The second-order valence-corrected chi connectivity index (χ2v) is 6.02. The number of aliphatic carboxylic acids is 1. The van der Waals surface area contributed by atoms with Crippen LogP contribution >= 0.6 is 11.6 Å². The summed E-state index contributed by atoms with van der Waals surface area (Å²) in [6, 6.07) is 0. The van der Waals surface area contributed by atoms with Gasteiger partial charge >= 0.3 is 5.97 Å². The molecule has 0 saturated carbocycles. The van der Waals surface area contributed by atoms with Crippen LogP contribution in [-0.2, 0) is 4.79 Å². The van der Waals surface area contributed by atoms with Crippen LogP contribution in [0.2, 0.25) is 0 Å². The highest BCUT2D eigenvalue weighted by molar-refractivity contribution is 6.17. The smallest absolute Gasteiger partial charge is 0.309 e. The van der Waals surface area contributed by atoms with Crippen molar-refractivity contribution >= 4 is 17.6 Å². The van der Waals surface area contributed by atoms with E-state index in [1.165, 1.54) is 0 Å². The highest BCUT2D eigenvalue weighted by Gasteiger charge is 2.36. The number of rotatable bonds is 13. The van der Waals surface area contributed by atoms with Gasteiger partial charge < -0.3 is 5.11 Å². The Bertz CT molecular complexity index is 221. The van der Waals surface area contributed by atoms with E-state index in [1.807, 2.05) is 0 Å². The number of carboxylic acids is 1. The highest BCUT2D eigenvalue weighted by atomic mass is 35.5. The normalized spacial score (nSPS) is 11.7. The third kappa shape index (κ3) is 7.81. The van der Waals surface area contributed by atoms with Crippen LogP contribution in [0.15, 0.2) is 0 Å². The number of hydrogen-bond donors (Lipinski definition) is 1. The third-order valence-electron chi connectivity index (χ3n) is 4.01. The predicted molar refractivity (Wildman–Crippen MR) is 82.9 cm³/mol. The maximum absolute atomic E-state index is 11.7. The lowest BCUT2D eigenvalue weighted by atomic mass is 9.74. The summed E-state index contributed by atoms with van der Waals surface area (Å²) in [6.07, 6.45) is 11.0. The Hall–Kier alpha value is -0.240. The molecule has 0 aromatic carbocycles. The van der Waals surface area contributed by atoms with Crippen molar-refractivity contribution < 1.29 is 9.90 Å². The zero-order valence-electron chi connectivity index (χ0n) is 12.7. The predicted octanol–water partition coefficient (Wildman–Crippen LogP) is 5.63. The van der Waals surface area contributed by atoms with E-state index in [-0.39, 0.29) is 0 Å². The van der Waals surface area contributed by atoms with Gasteiger partial charge in [0.15, 0.2) is 0 Å². The highest BCUT2D eigenvalue weighted by Crippen LogP contribution is 2.37. The topological polar surface area (TPSA) is 37.3 Å². The van der Waals surface area contributed by atoms with Crippen molar-refractivity contribution in [2.24, 2.45) is 5.41 Å². The number of unbranched alkanes of at least 4 members (excludes halogenated alkanes) is 5. The van der Waals surface area contributed by atoms with Crippen molar-refractivity contribution in [3.05, 3.63) is 0 Å². The van der Waals surface area contributed by atoms with Crippen LogP contribution in [-0.4, -0.2) is 17.0 Å². The maximum atomic E-state index is 11.7. The van der Waals surface area contributed by atoms with Gasteiger partial charge in [-0.15, -0.1) is 11.6 Å². The molecule has 0 bridgehead atoms. The van der Waals surface area contributed by atoms with Crippen molar-refractivity contribution in [1.82, 2.24) is 0 Å². The van der Waals surface area contributed by atoms with E-state index in [0.717, 1.165) is 76.5 Å². The summed E-state index contributed by atoms with van der Waals surface area (Å²) in [5, 5.41) is 9.66. The second-order valence-electron chi connectivity index (χ2n) is 5.65. The lowest BCUT2D eigenvalue weighted by Gasteiger charge is -2.29.